The third-order valence-electron chi connectivity index (χ3n) is 12.8. The lowest BCUT2D eigenvalue weighted by Crippen LogP contribution is -2.04. The van der Waals surface area contributed by atoms with E-state index in [-0.39, 0.29) is 0 Å². The van der Waals surface area contributed by atoms with E-state index >= 15 is 0 Å². The highest BCUT2D eigenvalue weighted by Crippen LogP contribution is 2.46. The Morgan fingerprint density at radius 1 is 0.312 bits per heavy atom. The molecule has 0 radical (unpaired) electrons. The van der Waals surface area contributed by atoms with E-state index in [1.165, 1.54) is 0 Å². The van der Waals surface area contributed by atoms with E-state index in [0.29, 0.717) is 17.5 Å². The molecule has 298 valence electrons. The van der Waals surface area contributed by atoms with Gasteiger partial charge in [-0.15, -0.1) is 0 Å². The van der Waals surface area contributed by atoms with Crippen LogP contribution in [0.1, 0.15) is 0 Å². The minimum atomic E-state index is 0.543. The molecule has 0 N–H and O–H groups in total. The van der Waals surface area contributed by atoms with Gasteiger partial charge in [0.1, 0.15) is 11.3 Å². The van der Waals surface area contributed by atoms with Crippen molar-refractivity contribution in [3.8, 4) is 45.5 Å². The number of nitrogens with zero attached hydrogens (tertiary/aromatic N) is 5. The summed E-state index contributed by atoms with van der Waals surface area (Å²) in [7, 11) is 0. The van der Waals surface area contributed by atoms with Crippen molar-refractivity contribution >= 4 is 87.5 Å². The molecule has 0 atom stereocenters. The Balaban J connectivity index is 1.12. The number of para-hydroxylation sites is 5. The smallest absolute Gasteiger partial charge is 0.166 e. The molecule has 0 spiro atoms. The molecule has 0 unspecified atom stereocenters. The van der Waals surface area contributed by atoms with Crippen molar-refractivity contribution in [3.05, 3.63) is 200 Å². The maximum atomic E-state index is 7.48. The molecule has 0 bridgehead atoms. The van der Waals surface area contributed by atoms with Crippen molar-refractivity contribution in [1.29, 1.82) is 0 Å². The monoisotopic (exact) mass is 819 g/mol. The van der Waals surface area contributed by atoms with Crippen LogP contribution >= 0.6 is 0 Å². The van der Waals surface area contributed by atoms with E-state index in [1.54, 1.807) is 0 Å². The average molecular weight is 820 g/mol. The van der Waals surface area contributed by atoms with Crippen LogP contribution in [0.3, 0.4) is 0 Å². The van der Waals surface area contributed by atoms with E-state index in [4.69, 9.17) is 23.8 Å². The highest BCUT2D eigenvalue weighted by Gasteiger charge is 2.27. The second kappa shape index (κ2) is 13.3. The highest BCUT2D eigenvalue weighted by atomic mass is 16.3. The fraction of sp³-hybridized carbons (Fsp3) is 0. The molecule has 5 heterocycles. The van der Waals surface area contributed by atoms with Crippen LogP contribution in [0.5, 0.6) is 0 Å². The predicted octanol–water partition coefficient (Wildman–Crippen LogP) is 14.9. The Bertz CT molecular complexity index is 4090. The maximum Gasteiger partial charge on any atom is 0.166 e. The summed E-state index contributed by atoms with van der Waals surface area (Å²) >= 11 is 0. The molecular weight excluding hydrogens is 787 g/mol. The van der Waals surface area contributed by atoms with Crippen LogP contribution in [0.4, 0.5) is 0 Å². The fourth-order valence-electron chi connectivity index (χ4n) is 9.98. The van der Waals surface area contributed by atoms with E-state index in [2.05, 4.69) is 137 Å². The van der Waals surface area contributed by atoms with Crippen LogP contribution in [0, 0.1) is 0 Å². The second-order valence-electron chi connectivity index (χ2n) is 16.3. The summed E-state index contributed by atoms with van der Waals surface area (Å²) in [6, 6.07) is 69.4. The van der Waals surface area contributed by atoms with Crippen molar-refractivity contribution in [2.75, 3.05) is 0 Å². The average Bonchev–Trinajstić information content (AvgIpc) is 4.12. The fourth-order valence-corrected chi connectivity index (χ4v) is 9.98. The zero-order valence-electron chi connectivity index (χ0n) is 34.1. The van der Waals surface area contributed by atoms with Gasteiger partial charge in [0.25, 0.3) is 0 Å². The molecule has 0 saturated heterocycles. The highest BCUT2D eigenvalue weighted by molar-refractivity contribution is 6.23. The van der Waals surface area contributed by atoms with Crippen molar-refractivity contribution in [3.63, 3.8) is 0 Å². The first-order valence-electron chi connectivity index (χ1n) is 21.4. The minimum Gasteiger partial charge on any atom is -0.454 e. The Morgan fingerprint density at radius 2 is 0.797 bits per heavy atom. The Kier molecular flexibility index (Phi) is 7.27. The van der Waals surface area contributed by atoms with Crippen LogP contribution in [-0.4, -0.2) is 24.1 Å². The summed E-state index contributed by atoms with van der Waals surface area (Å²) < 4.78 is 18.9. The van der Waals surface area contributed by atoms with E-state index in [1.807, 2.05) is 72.8 Å². The van der Waals surface area contributed by atoms with Crippen LogP contribution in [0.15, 0.2) is 209 Å². The van der Waals surface area contributed by atoms with Gasteiger partial charge in [-0.05, 0) is 48.5 Å². The topological polar surface area (TPSA) is 74.8 Å². The predicted molar refractivity (Wildman–Crippen MR) is 259 cm³/mol. The molecule has 7 nitrogen and oxygen atoms in total. The van der Waals surface area contributed by atoms with E-state index < -0.39 is 0 Å². The summed E-state index contributed by atoms with van der Waals surface area (Å²) in [5, 5.41) is 8.67. The van der Waals surface area contributed by atoms with Gasteiger partial charge >= 0.3 is 0 Å². The summed E-state index contributed by atoms with van der Waals surface area (Å²) in [6.45, 7) is 0. The first kappa shape index (κ1) is 34.9. The molecule has 0 saturated carbocycles. The first-order valence-corrected chi connectivity index (χ1v) is 21.4. The van der Waals surface area contributed by atoms with Gasteiger partial charge in [0.15, 0.2) is 34.2 Å². The molecule has 0 aliphatic heterocycles. The lowest BCUT2D eigenvalue weighted by molar-refractivity contribution is 0.663. The lowest BCUT2D eigenvalue weighted by atomic mass is 10.1. The first-order chi connectivity index (χ1) is 31.8. The standard InChI is InChI=1S/C57H33N5O2/c1-3-16-34(17-4-1)55-58-56(35-18-5-2-6-19-35)60-57(59-55)44-33-32-43-41-24-15-28-48(52(41)64-54(43)51(44)61-45-25-11-7-20-36(45)37-21-8-12-26-46(37)61)62-47-27-13-9-22-38(47)40-30-31-42-39-23-10-14-29-49(39)63-53(42)50(40)62/h1-33H. The third-order valence-corrected chi connectivity index (χ3v) is 12.8. The second-order valence-corrected chi connectivity index (χ2v) is 16.3. The molecule has 5 aromatic heterocycles. The zero-order valence-corrected chi connectivity index (χ0v) is 34.1. The maximum absolute atomic E-state index is 7.48. The van der Waals surface area contributed by atoms with Gasteiger partial charge in [-0.3, -0.25) is 0 Å². The number of furan rings is 2. The lowest BCUT2D eigenvalue weighted by Gasteiger charge is -2.15. The molecule has 0 aliphatic carbocycles. The number of fused-ring (bicyclic) bond motifs is 13. The van der Waals surface area contributed by atoms with Gasteiger partial charge in [0, 0.05) is 59.8 Å². The van der Waals surface area contributed by atoms with Crippen LogP contribution < -0.4 is 0 Å². The van der Waals surface area contributed by atoms with Crippen molar-refractivity contribution in [1.82, 2.24) is 24.1 Å². The molecule has 14 rings (SSSR count). The van der Waals surface area contributed by atoms with Gasteiger partial charge in [0.05, 0.1) is 27.8 Å². The van der Waals surface area contributed by atoms with E-state index in [9.17, 15) is 0 Å². The van der Waals surface area contributed by atoms with Crippen molar-refractivity contribution < 1.29 is 8.83 Å². The molecule has 64 heavy (non-hydrogen) atoms. The number of rotatable bonds is 5. The van der Waals surface area contributed by atoms with Gasteiger partial charge in [-0.25, -0.2) is 15.0 Å². The largest absolute Gasteiger partial charge is 0.454 e. The van der Waals surface area contributed by atoms with E-state index in [0.717, 1.165) is 116 Å². The SMILES string of the molecule is c1ccc(-c2nc(-c3ccccc3)nc(-c3ccc4c(oc5c(-n6c7ccccc7c7ccc8c9ccccc9oc8c76)cccc54)c3-n3c4ccccc4c4ccccc43)n2)cc1. The molecule has 0 amide bonds. The third kappa shape index (κ3) is 4.94. The molecule has 0 aliphatic rings. The summed E-state index contributed by atoms with van der Waals surface area (Å²) in [5.74, 6) is 1.72. The summed E-state index contributed by atoms with van der Waals surface area (Å²) in [4.78, 5) is 15.6. The van der Waals surface area contributed by atoms with Crippen molar-refractivity contribution in [2.24, 2.45) is 0 Å². The molecule has 7 heteroatoms. The summed E-state index contributed by atoms with van der Waals surface area (Å²) in [6.07, 6.45) is 0. The number of aromatic nitrogens is 5. The van der Waals surface area contributed by atoms with Gasteiger partial charge in [0.2, 0.25) is 0 Å². The van der Waals surface area contributed by atoms with Crippen LogP contribution in [0.2, 0.25) is 0 Å². The molecule has 9 aromatic carbocycles. The zero-order chi connectivity index (χ0) is 41.9. The minimum absolute atomic E-state index is 0.543. The molecular formula is C57H33N5O2. The molecule has 14 aromatic rings. The normalized spacial score (nSPS) is 12.1. The van der Waals surface area contributed by atoms with Crippen LogP contribution in [-0.2, 0) is 0 Å². The quantitative estimate of drug-likeness (QED) is 0.173. The van der Waals surface area contributed by atoms with Gasteiger partial charge in [-0.1, -0.05) is 152 Å². The van der Waals surface area contributed by atoms with Gasteiger partial charge in [-0.2, -0.15) is 0 Å². The van der Waals surface area contributed by atoms with Crippen molar-refractivity contribution in [2.45, 2.75) is 0 Å². The number of benzene rings is 9. The Hall–Kier alpha value is -8.81. The number of hydrogen-bond donors (Lipinski definition) is 0. The molecule has 0 fully saturated rings. The number of hydrogen-bond acceptors (Lipinski definition) is 5. The summed E-state index contributed by atoms with van der Waals surface area (Å²) in [5.41, 5.74) is 11.7. The Morgan fingerprint density at radius 3 is 1.47 bits per heavy atom. The Labute approximate surface area is 364 Å². The van der Waals surface area contributed by atoms with Crippen LogP contribution in [0.25, 0.3) is 133 Å². The van der Waals surface area contributed by atoms with Gasteiger partial charge < -0.3 is 18.0 Å².